The van der Waals surface area contributed by atoms with E-state index in [9.17, 15) is 9.90 Å². The summed E-state index contributed by atoms with van der Waals surface area (Å²) in [6.07, 6.45) is 4.32. The zero-order valence-corrected chi connectivity index (χ0v) is 14.0. The average molecular weight is 304 g/mol. The summed E-state index contributed by atoms with van der Waals surface area (Å²) >= 11 is 0. The van der Waals surface area contributed by atoms with Gasteiger partial charge in [0, 0.05) is 32.7 Å². The Balaban J connectivity index is 1.88. The van der Waals surface area contributed by atoms with Crippen LogP contribution in [0.5, 0.6) is 0 Å². The summed E-state index contributed by atoms with van der Waals surface area (Å²) in [5.74, 6) is 0.429. The number of carbonyl (C=O) groups is 1. The summed E-state index contributed by atoms with van der Waals surface area (Å²) in [6.45, 7) is 1.78. The number of aliphatic hydroxyl groups excluding tert-OH is 1. The fourth-order valence-electron chi connectivity index (χ4n) is 3.19. The summed E-state index contributed by atoms with van der Waals surface area (Å²) in [4.78, 5) is 15.7. The van der Waals surface area contributed by atoms with Gasteiger partial charge in [0.25, 0.3) is 5.91 Å². The van der Waals surface area contributed by atoms with Gasteiger partial charge >= 0.3 is 0 Å². The van der Waals surface area contributed by atoms with Crippen molar-refractivity contribution in [3.8, 4) is 0 Å². The number of benzene rings is 1. The zero-order valence-electron chi connectivity index (χ0n) is 14.0. The minimum Gasteiger partial charge on any atom is -0.393 e. The van der Waals surface area contributed by atoms with Crippen molar-refractivity contribution in [1.29, 1.82) is 0 Å². The van der Waals surface area contributed by atoms with Crippen molar-refractivity contribution in [2.75, 3.05) is 27.7 Å². The van der Waals surface area contributed by atoms with Gasteiger partial charge in [-0.1, -0.05) is 25.0 Å². The van der Waals surface area contributed by atoms with Crippen LogP contribution in [0.3, 0.4) is 0 Å². The average Bonchev–Trinajstić information content (AvgIpc) is 2.49. The standard InChI is InChI=1S/C18H28N2O2/c1-19(2)18(22)15-10-8-14(9-11-15)12-20(3)13-16-6-4-5-7-17(16)21/h8-11,16-17,21H,4-7,12-13H2,1-3H3. The van der Waals surface area contributed by atoms with Crippen LogP contribution in [0.4, 0.5) is 0 Å². The number of hydrogen-bond donors (Lipinski definition) is 1. The largest absolute Gasteiger partial charge is 0.393 e. The molecule has 1 aliphatic rings. The number of aliphatic hydroxyl groups is 1. The van der Waals surface area contributed by atoms with Crippen LogP contribution in [0.2, 0.25) is 0 Å². The Morgan fingerprint density at radius 3 is 2.36 bits per heavy atom. The van der Waals surface area contributed by atoms with E-state index in [4.69, 9.17) is 0 Å². The second-order valence-electron chi connectivity index (χ2n) is 6.71. The Kier molecular flexibility index (Phi) is 5.98. The third-order valence-corrected chi connectivity index (χ3v) is 4.47. The molecule has 0 aromatic heterocycles. The Morgan fingerprint density at radius 1 is 1.14 bits per heavy atom. The SMILES string of the molecule is CN(Cc1ccc(C(=O)N(C)C)cc1)CC1CCCCC1O. The quantitative estimate of drug-likeness (QED) is 0.908. The molecule has 0 radical (unpaired) electrons. The number of carbonyl (C=O) groups excluding carboxylic acids is 1. The molecule has 0 heterocycles. The van der Waals surface area contributed by atoms with Gasteiger partial charge in [-0.15, -0.1) is 0 Å². The van der Waals surface area contributed by atoms with Crippen molar-refractivity contribution < 1.29 is 9.90 Å². The van der Waals surface area contributed by atoms with Crippen molar-refractivity contribution in [3.05, 3.63) is 35.4 Å². The maximum absolute atomic E-state index is 11.9. The molecule has 0 spiro atoms. The first-order valence-electron chi connectivity index (χ1n) is 8.14. The molecule has 1 aromatic rings. The summed E-state index contributed by atoms with van der Waals surface area (Å²) < 4.78 is 0. The third-order valence-electron chi connectivity index (χ3n) is 4.47. The van der Waals surface area contributed by atoms with Gasteiger partial charge in [-0.25, -0.2) is 0 Å². The molecule has 1 saturated carbocycles. The Morgan fingerprint density at radius 2 is 1.77 bits per heavy atom. The van der Waals surface area contributed by atoms with Crippen molar-refractivity contribution in [2.24, 2.45) is 5.92 Å². The molecule has 1 fully saturated rings. The number of rotatable bonds is 5. The summed E-state index contributed by atoms with van der Waals surface area (Å²) in [6, 6.07) is 7.82. The Bertz CT molecular complexity index is 484. The highest BCUT2D eigenvalue weighted by molar-refractivity contribution is 5.93. The lowest BCUT2D eigenvalue weighted by atomic mass is 9.86. The normalized spacial score (nSPS) is 21.9. The van der Waals surface area contributed by atoms with E-state index < -0.39 is 0 Å². The Labute approximate surface area is 133 Å². The van der Waals surface area contributed by atoms with Crippen molar-refractivity contribution in [1.82, 2.24) is 9.80 Å². The van der Waals surface area contributed by atoms with Crippen molar-refractivity contribution >= 4 is 5.91 Å². The fourth-order valence-corrected chi connectivity index (χ4v) is 3.19. The van der Waals surface area contributed by atoms with Crippen LogP contribution < -0.4 is 0 Å². The smallest absolute Gasteiger partial charge is 0.253 e. The highest BCUT2D eigenvalue weighted by Crippen LogP contribution is 2.25. The number of amides is 1. The van der Waals surface area contributed by atoms with Crippen LogP contribution in [-0.4, -0.2) is 54.6 Å². The van der Waals surface area contributed by atoms with Crippen LogP contribution in [0.25, 0.3) is 0 Å². The first-order chi connectivity index (χ1) is 10.5. The van der Waals surface area contributed by atoms with E-state index in [1.807, 2.05) is 24.3 Å². The van der Waals surface area contributed by atoms with E-state index in [-0.39, 0.29) is 12.0 Å². The molecule has 1 amide bonds. The number of nitrogens with zero attached hydrogens (tertiary/aromatic N) is 2. The Hall–Kier alpha value is -1.39. The minimum absolute atomic E-state index is 0.0326. The minimum atomic E-state index is -0.142. The van der Waals surface area contributed by atoms with Gasteiger partial charge in [-0.05, 0) is 43.5 Å². The van der Waals surface area contributed by atoms with E-state index in [1.54, 1.807) is 19.0 Å². The lowest BCUT2D eigenvalue weighted by Crippen LogP contribution is -2.34. The van der Waals surface area contributed by atoms with Gasteiger partial charge < -0.3 is 14.9 Å². The van der Waals surface area contributed by atoms with Crippen LogP contribution in [-0.2, 0) is 6.54 Å². The molecule has 0 aliphatic heterocycles. The highest BCUT2D eigenvalue weighted by Gasteiger charge is 2.24. The van der Waals surface area contributed by atoms with E-state index >= 15 is 0 Å². The van der Waals surface area contributed by atoms with Gasteiger partial charge in [0.2, 0.25) is 0 Å². The zero-order chi connectivity index (χ0) is 16.1. The number of hydrogen-bond acceptors (Lipinski definition) is 3. The van der Waals surface area contributed by atoms with E-state index in [2.05, 4.69) is 11.9 Å². The topological polar surface area (TPSA) is 43.8 Å². The van der Waals surface area contributed by atoms with Gasteiger partial charge in [-0.3, -0.25) is 4.79 Å². The van der Waals surface area contributed by atoms with Crippen LogP contribution in [0, 0.1) is 5.92 Å². The lowest BCUT2D eigenvalue weighted by molar-refractivity contribution is 0.0501. The predicted molar refractivity (Wildman–Crippen MR) is 88.8 cm³/mol. The molecule has 4 nitrogen and oxygen atoms in total. The maximum atomic E-state index is 11.9. The van der Waals surface area contributed by atoms with Crippen LogP contribution in [0.1, 0.15) is 41.6 Å². The second kappa shape index (κ2) is 7.75. The van der Waals surface area contributed by atoms with Crippen LogP contribution >= 0.6 is 0 Å². The molecule has 4 heteroatoms. The molecule has 1 aliphatic carbocycles. The molecule has 1 N–H and O–H groups in total. The lowest BCUT2D eigenvalue weighted by Gasteiger charge is -2.31. The highest BCUT2D eigenvalue weighted by atomic mass is 16.3. The molecule has 0 saturated heterocycles. The summed E-state index contributed by atoms with van der Waals surface area (Å²) in [7, 11) is 5.62. The predicted octanol–water partition coefficient (Wildman–Crippen LogP) is 2.37. The van der Waals surface area contributed by atoms with Crippen molar-refractivity contribution in [2.45, 2.75) is 38.3 Å². The van der Waals surface area contributed by atoms with Gasteiger partial charge in [0.05, 0.1) is 6.10 Å². The van der Waals surface area contributed by atoms with Gasteiger partial charge in [-0.2, -0.15) is 0 Å². The van der Waals surface area contributed by atoms with E-state index in [0.717, 1.165) is 37.9 Å². The molecule has 2 rings (SSSR count). The molecule has 122 valence electrons. The molecule has 0 bridgehead atoms. The molecule has 22 heavy (non-hydrogen) atoms. The van der Waals surface area contributed by atoms with Gasteiger partial charge in [0.15, 0.2) is 0 Å². The molecular weight excluding hydrogens is 276 g/mol. The van der Waals surface area contributed by atoms with Crippen molar-refractivity contribution in [3.63, 3.8) is 0 Å². The second-order valence-corrected chi connectivity index (χ2v) is 6.71. The van der Waals surface area contributed by atoms with E-state index in [1.165, 1.54) is 12.0 Å². The summed E-state index contributed by atoms with van der Waals surface area (Å²) in [5.41, 5.74) is 1.92. The van der Waals surface area contributed by atoms with Gasteiger partial charge in [0.1, 0.15) is 0 Å². The first kappa shape index (κ1) is 17.0. The molecule has 2 unspecified atom stereocenters. The molecule has 1 aromatic carbocycles. The first-order valence-corrected chi connectivity index (χ1v) is 8.14. The molecule has 2 atom stereocenters. The maximum Gasteiger partial charge on any atom is 0.253 e. The summed E-state index contributed by atoms with van der Waals surface area (Å²) in [5, 5.41) is 10.1. The monoisotopic (exact) mass is 304 g/mol. The van der Waals surface area contributed by atoms with Crippen LogP contribution in [0.15, 0.2) is 24.3 Å². The fraction of sp³-hybridized carbons (Fsp3) is 0.611. The molecular formula is C18H28N2O2. The third kappa shape index (κ3) is 4.55. The van der Waals surface area contributed by atoms with E-state index in [0.29, 0.717) is 5.92 Å².